The molecule has 0 amide bonds. The number of carbonyl (C=O) groups is 1. The second kappa shape index (κ2) is 7.44. The zero-order valence-electron chi connectivity index (χ0n) is 12.4. The first-order valence-corrected chi connectivity index (χ1v) is 7.69. The number of rotatable bonds is 6. The highest BCUT2D eigenvalue weighted by molar-refractivity contribution is 5.77. The van der Waals surface area contributed by atoms with Gasteiger partial charge >= 0.3 is 5.97 Å². The van der Waals surface area contributed by atoms with Gasteiger partial charge in [-0.3, -0.25) is 4.79 Å². The van der Waals surface area contributed by atoms with Crippen molar-refractivity contribution < 1.29 is 9.53 Å². The molecule has 0 atom stereocenters. The maximum atomic E-state index is 12.3. The highest BCUT2D eigenvalue weighted by atomic mass is 16.5. The van der Waals surface area contributed by atoms with Crippen LogP contribution in [-0.2, 0) is 16.0 Å². The first kappa shape index (κ1) is 15.0. The van der Waals surface area contributed by atoms with E-state index >= 15 is 0 Å². The molecule has 1 saturated heterocycles. The van der Waals surface area contributed by atoms with E-state index in [0.29, 0.717) is 6.61 Å². The fraction of sp³-hybridized carbons (Fsp3) is 0.588. The Hall–Kier alpha value is -1.35. The quantitative estimate of drug-likeness (QED) is 0.641. The number of esters is 1. The van der Waals surface area contributed by atoms with Crippen LogP contribution in [0.2, 0.25) is 0 Å². The average molecular weight is 275 g/mol. The van der Waals surface area contributed by atoms with Crippen LogP contribution in [0.1, 0.15) is 38.2 Å². The summed E-state index contributed by atoms with van der Waals surface area (Å²) < 4.78 is 5.53. The molecule has 1 fully saturated rings. The molecule has 110 valence electrons. The third-order valence-electron chi connectivity index (χ3n) is 4.36. The number of ether oxygens (including phenoxy) is 1. The Bertz CT molecular complexity index is 410. The summed E-state index contributed by atoms with van der Waals surface area (Å²) >= 11 is 0. The van der Waals surface area contributed by atoms with Crippen molar-refractivity contribution in [2.45, 2.75) is 39.0 Å². The number of hydrogen-bond donors (Lipinski definition) is 1. The molecule has 0 unspecified atom stereocenters. The van der Waals surface area contributed by atoms with Gasteiger partial charge in [0.05, 0.1) is 12.0 Å². The van der Waals surface area contributed by atoms with E-state index in [1.165, 1.54) is 5.56 Å². The van der Waals surface area contributed by atoms with Crippen molar-refractivity contribution in [1.29, 1.82) is 0 Å². The Balaban J connectivity index is 1.74. The molecule has 3 heteroatoms. The van der Waals surface area contributed by atoms with E-state index in [9.17, 15) is 4.79 Å². The van der Waals surface area contributed by atoms with Crippen molar-refractivity contribution in [2.24, 2.45) is 5.41 Å². The van der Waals surface area contributed by atoms with Gasteiger partial charge in [-0.05, 0) is 50.8 Å². The van der Waals surface area contributed by atoms with Gasteiger partial charge in [0, 0.05) is 0 Å². The Morgan fingerprint density at radius 3 is 2.60 bits per heavy atom. The number of carbonyl (C=O) groups excluding carboxylic acids is 1. The van der Waals surface area contributed by atoms with Gasteiger partial charge in [-0.25, -0.2) is 0 Å². The predicted octanol–water partition coefficient (Wildman–Crippen LogP) is 2.94. The van der Waals surface area contributed by atoms with Gasteiger partial charge in [0.15, 0.2) is 0 Å². The number of benzene rings is 1. The molecule has 2 rings (SSSR count). The minimum atomic E-state index is -0.238. The van der Waals surface area contributed by atoms with Crippen molar-refractivity contribution in [2.75, 3.05) is 19.7 Å². The lowest BCUT2D eigenvalue weighted by Gasteiger charge is -2.34. The molecule has 1 aromatic carbocycles. The highest BCUT2D eigenvalue weighted by Crippen LogP contribution is 2.33. The maximum Gasteiger partial charge on any atom is 0.312 e. The van der Waals surface area contributed by atoms with Crippen molar-refractivity contribution in [3.8, 4) is 0 Å². The monoisotopic (exact) mass is 275 g/mol. The van der Waals surface area contributed by atoms with Crippen LogP contribution >= 0.6 is 0 Å². The first-order chi connectivity index (χ1) is 9.77. The Kier molecular flexibility index (Phi) is 5.60. The van der Waals surface area contributed by atoms with Crippen molar-refractivity contribution in [3.05, 3.63) is 35.9 Å². The van der Waals surface area contributed by atoms with E-state index < -0.39 is 0 Å². The van der Waals surface area contributed by atoms with E-state index in [1.54, 1.807) is 0 Å². The van der Waals surface area contributed by atoms with E-state index in [4.69, 9.17) is 4.74 Å². The molecule has 0 aliphatic carbocycles. The van der Waals surface area contributed by atoms with Crippen molar-refractivity contribution >= 4 is 5.97 Å². The third-order valence-corrected chi connectivity index (χ3v) is 4.36. The van der Waals surface area contributed by atoms with Crippen LogP contribution in [0.15, 0.2) is 30.3 Å². The van der Waals surface area contributed by atoms with Crippen LogP contribution in [0.4, 0.5) is 0 Å². The molecule has 1 aliphatic heterocycles. The van der Waals surface area contributed by atoms with Crippen LogP contribution in [0.3, 0.4) is 0 Å². The van der Waals surface area contributed by atoms with Gasteiger partial charge in [-0.15, -0.1) is 0 Å². The molecule has 1 heterocycles. The summed E-state index contributed by atoms with van der Waals surface area (Å²) in [5.41, 5.74) is 1.06. The number of nitrogens with one attached hydrogen (secondary N) is 1. The van der Waals surface area contributed by atoms with Crippen LogP contribution in [0.25, 0.3) is 0 Å². The summed E-state index contributed by atoms with van der Waals surface area (Å²) in [6.45, 7) is 4.47. The lowest BCUT2D eigenvalue weighted by Crippen LogP contribution is -2.42. The second-order valence-electron chi connectivity index (χ2n) is 5.61. The molecule has 20 heavy (non-hydrogen) atoms. The fourth-order valence-electron chi connectivity index (χ4n) is 2.85. The molecule has 0 radical (unpaired) electrons. The molecule has 1 aromatic rings. The zero-order valence-corrected chi connectivity index (χ0v) is 12.4. The average Bonchev–Trinajstić information content (AvgIpc) is 2.53. The van der Waals surface area contributed by atoms with Crippen molar-refractivity contribution in [3.63, 3.8) is 0 Å². The molecule has 3 nitrogen and oxygen atoms in total. The van der Waals surface area contributed by atoms with Crippen LogP contribution in [0.5, 0.6) is 0 Å². The molecule has 0 bridgehead atoms. The Morgan fingerprint density at radius 1 is 1.25 bits per heavy atom. The van der Waals surface area contributed by atoms with E-state index in [2.05, 4.69) is 24.4 Å². The lowest BCUT2D eigenvalue weighted by molar-refractivity contribution is -0.158. The van der Waals surface area contributed by atoms with Gasteiger partial charge in [-0.2, -0.15) is 0 Å². The smallest absolute Gasteiger partial charge is 0.312 e. The number of aryl methyl sites for hydroxylation is 1. The van der Waals surface area contributed by atoms with E-state index in [-0.39, 0.29) is 11.4 Å². The number of hydrogen-bond acceptors (Lipinski definition) is 3. The SMILES string of the molecule is CCC1(C(=O)OCCCc2ccccc2)CCNCC1. The standard InChI is InChI=1S/C17H25NO2/c1-2-17(10-12-18-13-11-17)16(19)20-14-6-9-15-7-4-3-5-8-15/h3-5,7-8,18H,2,6,9-14H2,1H3. The van der Waals surface area contributed by atoms with Gasteiger partial charge in [0.1, 0.15) is 0 Å². The minimum Gasteiger partial charge on any atom is -0.465 e. The summed E-state index contributed by atoms with van der Waals surface area (Å²) in [7, 11) is 0. The van der Waals surface area contributed by atoms with Gasteiger partial charge in [-0.1, -0.05) is 37.3 Å². The minimum absolute atomic E-state index is 0.00885. The fourth-order valence-corrected chi connectivity index (χ4v) is 2.85. The summed E-state index contributed by atoms with van der Waals surface area (Å²) in [6, 6.07) is 10.3. The largest absolute Gasteiger partial charge is 0.465 e. The normalized spacial score (nSPS) is 17.6. The lowest BCUT2D eigenvalue weighted by atomic mass is 9.77. The van der Waals surface area contributed by atoms with Crippen molar-refractivity contribution in [1.82, 2.24) is 5.32 Å². The summed E-state index contributed by atoms with van der Waals surface area (Å²) in [5.74, 6) is 0.00885. The summed E-state index contributed by atoms with van der Waals surface area (Å²) in [4.78, 5) is 12.3. The van der Waals surface area contributed by atoms with Crippen LogP contribution < -0.4 is 5.32 Å². The zero-order chi connectivity index (χ0) is 14.3. The van der Waals surface area contributed by atoms with Crippen LogP contribution in [0, 0.1) is 5.41 Å². The summed E-state index contributed by atoms with van der Waals surface area (Å²) in [5, 5.41) is 3.31. The van der Waals surface area contributed by atoms with Gasteiger partial charge in [0.2, 0.25) is 0 Å². The Morgan fingerprint density at radius 2 is 1.95 bits per heavy atom. The van der Waals surface area contributed by atoms with E-state index in [0.717, 1.165) is 45.2 Å². The van der Waals surface area contributed by atoms with Crippen LogP contribution in [-0.4, -0.2) is 25.7 Å². The van der Waals surface area contributed by atoms with Gasteiger partial charge in [0.25, 0.3) is 0 Å². The maximum absolute atomic E-state index is 12.3. The molecular weight excluding hydrogens is 250 g/mol. The molecule has 0 aromatic heterocycles. The molecule has 1 aliphatic rings. The van der Waals surface area contributed by atoms with E-state index in [1.807, 2.05) is 18.2 Å². The second-order valence-corrected chi connectivity index (χ2v) is 5.61. The molecular formula is C17H25NO2. The molecule has 0 saturated carbocycles. The third kappa shape index (κ3) is 3.83. The predicted molar refractivity (Wildman–Crippen MR) is 80.5 cm³/mol. The summed E-state index contributed by atoms with van der Waals surface area (Å²) in [6.07, 6.45) is 4.55. The Labute approximate surface area is 121 Å². The topological polar surface area (TPSA) is 38.3 Å². The number of piperidine rings is 1. The van der Waals surface area contributed by atoms with Gasteiger partial charge < -0.3 is 10.1 Å². The highest BCUT2D eigenvalue weighted by Gasteiger charge is 2.39. The first-order valence-electron chi connectivity index (χ1n) is 7.69. The molecule has 0 spiro atoms. The molecule has 1 N–H and O–H groups in total.